The average molecular weight is 263 g/mol. The second kappa shape index (κ2) is 5.01. The maximum Gasteiger partial charge on any atom is 0.371 e. The van der Waals surface area contributed by atoms with Gasteiger partial charge in [0, 0.05) is 11.9 Å². The van der Waals surface area contributed by atoms with Crippen molar-refractivity contribution < 1.29 is 24.2 Å². The van der Waals surface area contributed by atoms with Gasteiger partial charge in [-0.3, -0.25) is 0 Å². The Morgan fingerprint density at radius 1 is 1.21 bits per heavy atom. The molecule has 0 radical (unpaired) electrons. The molecule has 0 saturated heterocycles. The molecule has 0 fully saturated rings. The first-order chi connectivity index (χ1) is 9.02. The summed E-state index contributed by atoms with van der Waals surface area (Å²) in [6, 6.07) is 4.48. The lowest BCUT2D eigenvalue weighted by Crippen LogP contribution is -2.06. The monoisotopic (exact) mass is 263 g/mol. The summed E-state index contributed by atoms with van der Waals surface area (Å²) in [6.45, 7) is 2.17. The van der Waals surface area contributed by atoms with E-state index in [1.165, 1.54) is 12.1 Å². The Morgan fingerprint density at radius 3 is 2.47 bits per heavy atom. The molecule has 0 saturated carbocycles. The number of hydrogen-bond donors (Lipinski definition) is 2. The molecule has 2 rings (SSSR count). The fourth-order valence-corrected chi connectivity index (χ4v) is 1.99. The fraction of sp³-hybridized carbons (Fsp3) is 0.231. The summed E-state index contributed by atoms with van der Waals surface area (Å²) in [5, 5.41) is 17.8. The standard InChI is InChI=1S/C13H13NO5/c1-2-10-9(12(15)16)5-6-14(10)7-8-3-4-11(19-8)13(17)18/h3-6H,2,7H2,1H3,(H,15,16)(H,17,18). The van der Waals surface area contributed by atoms with E-state index in [-0.39, 0.29) is 11.3 Å². The molecule has 0 aromatic carbocycles. The number of furan rings is 1. The summed E-state index contributed by atoms with van der Waals surface area (Å²) in [6.07, 6.45) is 2.23. The zero-order valence-electron chi connectivity index (χ0n) is 10.3. The first-order valence-corrected chi connectivity index (χ1v) is 5.76. The minimum atomic E-state index is -1.12. The largest absolute Gasteiger partial charge is 0.478 e. The molecule has 2 aromatic rings. The molecule has 0 aliphatic rings. The van der Waals surface area contributed by atoms with Gasteiger partial charge < -0.3 is 19.2 Å². The van der Waals surface area contributed by atoms with Crippen LogP contribution in [-0.4, -0.2) is 26.7 Å². The molecule has 19 heavy (non-hydrogen) atoms. The Hall–Kier alpha value is -2.50. The van der Waals surface area contributed by atoms with E-state index < -0.39 is 11.9 Å². The van der Waals surface area contributed by atoms with Gasteiger partial charge in [-0.1, -0.05) is 6.92 Å². The maximum absolute atomic E-state index is 11.0. The van der Waals surface area contributed by atoms with Gasteiger partial charge in [0.05, 0.1) is 12.1 Å². The Balaban J connectivity index is 2.27. The highest BCUT2D eigenvalue weighted by atomic mass is 16.4. The second-order valence-electron chi connectivity index (χ2n) is 4.03. The van der Waals surface area contributed by atoms with Crippen LogP contribution >= 0.6 is 0 Å². The zero-order chi connectivity index (χ0) is 14.0. The lowest BCUT2D eigenvalue weighted by molar-refractivity contribution is 0.0658. The highest BCUT2D eigenvalue weighted by molar-refractivity contribution is 5.89. The Kier molecular flexibility index (Phi) is 3.41. The summed E-state index contributed by atoms with van der Waals surface area (Å²) in [4.78, 5) is 21.7. The number of aromatic carboxylic acids is 2. The lowest BCUT2D eigenvalue weighted by atomic mass is 10.2. The van der Waals surface area contributed by atoms with Crippen LogP contribution in [0.1, 0.15) is 39.3 Å². The van der Waals surface area contributed by atoms with Crippen molar-refractivity contribution in [2.24, 2.45) is 0 Å². The highest BCUT2D eigenvalue weighted by Gasteiger charge is 2.15. The van der Waals surface area contributed by atoms with Crippen LogP contribution in [0.4, 0.5) is 0 Å². The summed E-state index contributed by atoms with van der Waals surface area (Å²) in [5.41, 5.74) is 0.938. The molecule has 0 unspecified atom stereocenters. The fourth-order valence-electron chi connectivity index (χ4n) is 1.99. The molecule has 2 N–H and O–H groups in total. The quantitative estimate of drug-likeness (QED) is 0.861. The third kappa shape index (κ3) is 2.52. The molecule has 6 nitrogen and oxygen atoms in total. The van der Waals surface area contributed by atoms with Crippen molar-refractivity contribution in [2.75, 3.05) is 0 Å². The molecular weight excluding hydrogens is 250 g/mol. The molecule has 100 valence electrons. The molecule has 6 heteroatoms. The van der Waals surface area contributed by atoms with Gasteiger partial charge in [0.1, 0.15) is 5.76 Å². The predicted molar refractivity (Wildman–Crippen MR) is 65.5 cm³/mol. The van der Waals surface area contributed by atoms with Gasteiger partial charge in [0.15, 0.2) is 0 Å². The normalized spacial score (nSPS) is 10.6. The van der Waals surface area contributed by atoms with Gasteiger partial charge in [0.25, 0.3) is 0 Å². The number of carbonyl (C=O) groups is 2. The predicted octanol–water partition coefficient (Wildman–Crippen LogP) is 2.09. The van der Waals surface area contributed by atoms with Gasteiger partial charge in [0.2, 0.25) is 5.76 Å². The summed E-state index contributed by atoms with van der Waals surface area (Å²) in [7, 11) is 0. The maximum atomic E-state index is 11.0. The minimum Gasteiger partial charge on any atom is -0.478 e. The van der Waals surface area contributed by atoms with E-state index in [1.54, 1.807) is 16.8 Å². The number of aromatic nitrogens is 1. The molecule has 2 aromatic heterocycles. The van der Waals surface area contributed by atoms with Crippen LogP contribution in [0.3, 0.4) is 0 Å². The second-order valence-corrected chi connectivity index (χ2v) is 4.03. The first-order valence-electron chi connectivity index (χ1n) is 5.76. The van der Waals surface area contributed by atoms with Crippen LogP contribution in [0.25, 0.3) is 0 Å². The van der Waals surface area contributed by atoms with Crippen LogP contribution < -0.4 is 0 Å². The third-order valence-electron chi connectivity index (χ3n) is 2.84. The van der Waals surface area contributed by atoms with E-state index >= 15 is 0 Å². The van der Waals surface area contributed by atoms with Crippen LogP contribution in [0.5, 0.6) is 0 Å². The Morgan fingerprint density at radius 2 is 1.95 bits per heavy atom. The number of carboxylic acids is 2. The Labute approximate surface area is 108 Å². The van der Waals surface area contributed by atoms with Gasteiger partial charge in [-0.25, -0.2) is 9.59 Å². The van der Waals surface area contributed by atoms with Crippen molar-refractivity contribution in [1.82, 2.24) is 4.57 Å². The number of carboxylic acid groups (broad SMARTS) is 2. The van der Waals surface area contributed by atoms with Gasteiger partial charge in [-0.05, 0) is 24.6 Å². The van der Waals surface area contributed by atoms with Crippen LogP contribution in [0, 0.1) is 0 Å². The van der Waals surface area contributed by atoms with Crippen LogP contribution in [-0.2, 0) is 13.0 Å². The van der Waals surface area contributed by atoms with Gasteiger partial charge >= 0.3 is 11.9 Å². The number of nitrogens with zero attached hydrogens (tertiary/aromatic N) is 1. The first kappa shape index (κ1) is 12.9. The minimum absolute atomic E-state index is 0.126. The third-order valence-corrected chi connectivity index (χ3v) is 2.84. The molecular formula is C13H13NO5. The van der Waals surface area contributed by atoms with E-state index in [2.05, 4.69) is 0 Å². The van der Waals surface area contributed by atoms with Crippen molar-refractivity contribution >= 4 is 11.9 Å². The van der Waals surface area contributed by atoms with Gasteiger partial charge in [-0.2, -0.15) is 0 Å². The van der Waals surface area contributed by atoms with Crippen molar-refractivity contribution in [3.8, 4) is 0 Å². The van der Waals surface area contributed by atoms with Crippen LogP contribution in [0.2, 0.25) is 0 Å². The molecule has 0 spiro atoms. The van der Waals surface area contributed by atoms with Crippen molar-refractivity contribution in [3.05, 3.63) is 47.2 Å². The van der Waals surface area contributed by atoms with Crippen molar-refractivity contribution in [3.63, 3.8) is 0 Å². The SMILES string of the molecule is CCc1c(C(=O)O)ccn1Cc1ccc(C(=O)O)o1. The van der Waals surface area contributed by atoms with E-state index in [0.717, 1.165) is 0 Å². The number of hydrogen-bond acceptors (Lipinski definition) is 3. The Bertz CT molecular complexity index is 623. The smallest absolute Gasteiger partial charge is 0.371 e. The molecule has 0 aliphatic heterocycles. The summed E-state index contributed by atoms with van der Waals surface area (Å²) in [5.74, 6) is -1.75. The molecule has 2 heterocycles. The zero-order valence-corrected chi connectivity index (χ0v) is 10.3. The molecule has 0 amide bonds. The van der Waals surface area contributed by atoms with Crippen molar-refractivity contribution in [1.29, 1.82) is 0 Å². The van der Waals surface area contributed by atoms with E-state index in [0.29, 0.717) is 24.4 Å². The molecule has 0 aliphatic carbocycles. The van der Waals surface area contributed by atoms with E-state index in [1.807, 2.05) is 6.92 Å². The topological polar surface area (TPSA) is 92.7 Å². The molecule has 0 atom stereocenters. The summed E-state index contributed by atoms with van der Waals surface area (Å²) < 4.78 is 6.89. The van der Waals surface area contributed by atoms with Gasteiger partial charge in [-0.15, -0.1) is 0 Å². The van der Waals surface area contributed by atoms with Crippen LogP contribution in [0.15, 0.2) is 28.8 Å². The average Bonchev–Trinajstić information content (AvgIpc) is 2.95. The van der Waals surface area contributed by atoms with E-state index in [4.69, 9.17) is 14.6 Å². The van der Waals surface area contributed by atoms with Crippen molar-refractivity contribution in [2.45, 2.75) is 19.9 Å². The lowest BCUT2D eigenvalue weighted by Gasteiger charge is -2.06. The summed E-state index contributed by atoms with van der Waals surface area (Å²) >= 11 is 0. The molecule has 0 bridgehead atoms. The number of rotatable bonds is 5. The van der Waals surface area contributed by atoms with E-state index in [9.17, 15) is 9.59 Å². The highest BCUT2D eigenvalue weighted by Crippen LogP contribution is 2.16.